The molecule has 16 aromatic rings. The molecule has 12 aromatic carbocycles. The molecule has 4 aromatic heterocycles. The number of nitrogens with zero attached hydrogens (tertiary/aromatic N) is 4. The summed E-state index contributed by atoms with van der Waals surface area (Å²) in [6.07, 6.45) is 6.96. The summed E-state index contributed by atoms with van der Waals surface area (Å²) in [6.45, 7) is 38.1. The quantitative estimate of drug-likeness (QED) is 0.156. The molecule has 4 nitrogen and oxygen atoms in total. The van der Waals surface area contributed by atoms with E-state index < -0.39 is 27.4 Å². The number of aromatic nitrogens is 4. The Kier molecular flexibility index (Phi) is 17.1. The zero-order valence-corrected chi connectivity index (χ0v) is 77.2. The first-order chi connectivity index (χ1) is 63.4. The summed E-state index contributed by atoms with van der Waals surface area (Å²) in [5.41, 5.74) is 35.8. The predicted molar refractivity (Wildman–Crippen MR) is 526 cm³/mol. The number of aryl methyl sites for hydroxylation is 9. The number of pyridine rings is 4. The number of rotatable bonds is 4. The molecule has 124 heavy (non-hydrogen) atoms. The zero-order chi connectivity index (χ0) is 98.5. The van der Waals surface area contributed by atoms with Gasteiger partial charge in [0.1, 0.15) is 28.2 Å². The van der Waals surface area contributed by atoms with E-state index >= 15 is 0 Å². The second-order valence-electron chi connectivity index (χ2n) is 40.2. The Morgan fingerprint density at radius 3 is 0.935 bits per heavy atom. The average molecular weight is 1640 g/mol. The van der Waals surface area contributed by atoms with Crippen LogP contribution < -0.4 is 18.3 Å². The van der Waals surface area contributed by atoms with Crippen LogP contribution in [0.5, 0.6) is 0 Å². The van der Waals surface area contributed by atoms with Crippen molar-refractivity contribution in [1.82, 2.24) is 0 Å². The maximum absolute atomic E-state index is 7.83. The molecule has 4 aliphatic carbocycles. The Hall–Kier alpha value is -11.7. The molecule has 0 N–H and O–H groups in total. The Labute approximate surface area is 756 Å². The molecule has 0 fully saturated rings. The highest BCUT2D eigenvalue weighted by molar-refractivity contribution is 6.04. The van der Waals surface area contributed by atoms with E-state index in [0.29, 0.717) is 22.3 Å². The van der Waals surface area contributed by atoms with E-state index in [4.69, 9.17) is 16.4 Å². The number of benzene rings is 12. The normalized spacial score (nSPS) is 17.9. The zero-order valence-electron chi connectivity index (χ0n) is 89.2. The summed E-state index contributed by atoms with van der Waals surface area (Å²) < 4.78 is 101. The predicted octanol–water partition coefficient (Wildman–Crippen LogP) is 28.7. The van der Waals surface area contributed by atoms with Crippen molar-refractivity contribution in [3.63, 3.8) is 0 Å². The van der Waals surface area contributed by atoms with Gasteiger partial charge in [-0.1, -0.05) is 275 Å². The van der Waals surface area contributed by atoms with E-state index in [1.165, 1.54) is 160 Å². The molecule has 0 amide bonds. The second-order valence-corrected chi connectivity index (χ2v) is 40.2. The third-order valence-electron chi connectivity index (χ3n) is 31.6. The van der Waals surface area contributed by atoms with E-state index in [0.717, 1.165) is 39.5 Å². The van der Waals surface area contributed by atoms with Gasteiger partial charge in [-0.3, -0.25) is 0 Å². The SMILES string of the molecule is [2H]C([2H])([2H])c1ccc(-c2c(C)ccc3c2C(C)(C)C(C)(C)c2ccc4ccccc4c2-3)[n+](C)c1.[2H]C([2H])([2H])c1ccc(-c2ccc3c(c2C)C(C)(C)C(C)(C)c2c-3ccc3ccccc23)[n+](C)c1.[2H]C([2H])([2H])c1ccc(-c2ccc3c(c2C)C(C)(C)C(C)(C)c2cc4ccccc4cc2-3)[n+](C)c1.[2H]C([2H])([2H])c1ccc(-c2ccc3c(c2C)C(C)(C)C(C)(C)c2ccc4ccccc4c2-3)[n+](C)c1. The van der Waals surface area contributed by atoms with E-state index in [9.17, 15) is 0 Å². The highest BCUT2D eigenvalue weighted by atomic mass is 14.9. The topological polar surface area (TPSA) is 15.5 Å². The summed E-state index contributed by atoms with van der Waals surface area (Å²) in [5, 5.41) is 10.2. The lowest BCUT2D eigenvalue weighted by Crippen LogP contribution is -2.44. The molecule has 0 aliphatic heterocycles. The summed E-state index contributed by atoms with van der Waals surface area (Å²) in [5.74, 6) is 0. The van der Waals surface area contributed by atoms with Crippen LogP contribution in [0, 0.1) is 55.1 Å². The van der Waals surface area contributed by atoms with Gasteiger partial charge in [0.05, 0.1) is 5.56 Å². The highest BCUT2D eigenvalue weighted by Gasteiger charge is 2.53. The van der Waals surface area contributed by atoms with Crippen LogP contribution in [0.15, 0.2) is 267 Å². The maximum atomic E-state index is 7.83. The van der Waals surface area contributed by atoms with Crippen molar-refractivity contribution in [3.8, 4) is 89.5 Å². The minimum atomic E-state index is -2.12. The second kappa shape index (κ2) is 30.0. The van der Waals surface area contributed by atoms with Crippen LogP contribution in [-0.4, -0.2) is 0 Å². The minimum Gasteiger partial charge on any atom is -0.201 e. The maximum Gasteiger partial charge on any atom is 0.212 e. The monoisotopic (exact) mass is 1640 g/mol. The fraction of sp³-hybridized carbons (Fsp3) is 0.300. The van der Waals surface area contributed by atoms with Gasteiger partial charge in [-0.25, -0.2) is 18.3 Å². The van der Waals surface area contributed by atoms with Gasteiger partial charge in [0, 0.05) is 90.5 Å². The van der Waals surface area contributed by atoms with Crippen LogP contribution in [0.1, 0.15) is 216 Å². The molecule has 4 aliphatic rings. The molecule has 20 rings (SSSR count). The summed E-state index contributed by atoms with van der Waals surface area (Å²) in [4.78, 5) is 0. The Morgan fingerprint density at radius 1 is 0.218 bits per heavy atom. The van der Waals surface area contributed by atoms with Crippen LogP contribution in [-0.2, 0) is 71.5 Å². The van der Waals surface area contributed by atoms with Gasteiger partial charge >= 0.3 is 0 Å². The van der Waals surface area contributed by atoms with Crippen molar-refractivity contribution >= 4 is 43.1 Å². The van der Waals surface area contributed by atoms with Gasteiger partial charge < -0.3 is 0 Å². The Morgan fingerprint density at radius 2 is 0.508 bits per heavy atom. The number of hydrogen-bond acceptors (Lipinski definition) is 0. The molecule has 0 bridgehead atoms. The first kappa shape index (κ1) is 70.7. The van der Waals surface area contributed by atoms with Crippen molar-refractivity contribution in [2.45, 2.75) is 209 Å². The van der Waals surface area contributed by atoms with Crippen LogP contribution in [0.2, 0.25) is 0 Å². The Bertz CT molecular complexity index is 7490. The summed E-state index contributed by atoms with van der Waals surface area (Å²) in [7, 11) is 7.75. The molecule has 4 heteroatoms. The Balaban J connectivity index is 0.000000126. The molecule has 0 atom stereocenters. The lowest BCUT2D eigenvalue weighted by atomic mass is 9.54. The molecule has 0 saturated carbocycles. The lowest BCUT2D eigenvalue weighted by molar-refractivity contribution is -0.660. The van der Waals surface area contributed by atoms with Crippen molar-refractivity contribution in [1.29, 1.82) is 0 Å². The molecule has 0 radical (unpaired) electrons. The summed E-state index contributed by atoms with van der Waals surface area (Å²) >= 11 is 0. The standard InChI is InChI=1S/4C30H32N/c1-19-12-17-26(31(7)18-19)22-14-15-24-27-23-11-9-8-10-21(23)13-16-25(27)29(3,4)30(5,6)28(24)20(22)2;1-19-12-17-25(31(7)18-19)26-20(2)13-15-23-27-22-11-9-8-10-21(22)14-16-24(27)29(3,4)30(5,6)28(23)26;1-19-12-17-26(31(7)18-19)22-15-16-24-25-14-13-21-10-8-9-11-23(21)28(25)30(5,6)29(3,4)27(24)20(22)2;1-19-12-15-27(31(7)18-19)23-13-14-24-25-16-21-10-8-9-11-22(21)17-26(25)29(3,4)30(5,6)28(24)20(23)2/h4*8-18H,1-7H3/q4*+1/i4*1D3. The molecule has 0 unspecified atom stereocenters. The molecule has 4 heterocycles. The van der Waals surface area contributed by atoms with Crippen LogP contribution in [0.25, 0.3) is 133 Å². The van der Waals surface area contributed by atoms with Crippen molar-refractivity contribution in [2.24, 2.45) is 28.2 Å². The number of fused-ring (bicyclic) bond motifs is 19. The summed E-state index contributed by atoms with van der Waals surface area (Å²) in [6, 6.07) is 85.7. The van der Waals surface area contributed by atoms with Gasteiger partial charge in [-0.05, 0) is 297 Å². The first-order valence-electron chi connectivity index (χ1n) is 50.1. The molecule has 624 valence electrons. The van der Waals surface area contributed by atoms with Gasteiger partial charge in [0.15, 0.2) is 24.8 Å². The van der Waals surface area contributed by atoms with Crippen molar-refractivity contribution in [3.05, 3.63) is 356 Å². The average Bonchev–Trinajstić information content (AvgIpc) is 0.343. The largest absolute Gasteiger partial charge is 0.212 e. The molecule has 0 saturated heterocycles. The van der Waals surface area contributed by atoms with Crippen molar-refractivity contribution in [2.75, 3.05) is 0 Å². The van der Waals surface area contributed by atoms with Gasteiger partial charge in [-0.15, -0.1) is 0 Å². The molecule has 0 spiro atoms. The fourth-order valence-electron chi connectivity index (χ4n) is 22.4. The van der Waals surface area contributed by atoms with Crippen LogP contribution in [0.3, 0.4) is 0 Å². The molecular formula is C120H128N4+4. The third-order valence-corrected chi connectivity index (χ3v) is 31.6. The molecular weight excluding hydrogens is 1500 g/mol. The van der Waals surface area contributed by atoms with Crippen LogP contribution >= 0.6 is 0 Å². The highest BCUT2D eigenvalue weighted by Crippen LogP contribution is 2.62. The lowest BCUT2D eigenvalue weighted by Gasteiger charge is -2.49. The fourth-order valence-corrected chi connectivity index (χ4v) is 22.4. The van der Waals surface area contributed by atoms with E-state index in [2.05, 4.69) is 333 Å². The van der Waals surface area contributed by atoms with E-state index in [-0.39, 0.29) is 43.3 Å². The van der Waals surface area contributed by atoms with E-state index in [1.54, 1.807) is 49.1 Å². The minimum absolute atomic E-state index is 0.0734. The van der Waals surface area contributed by atoms with Crippen molar-refractivity contribution < 1.29 is 34.7 Å². The third kappa shape index (κ3) is 12.9. The van der Waals surface area contributed by atoms with Crippen LogP contribution in [0.4, 0.5) is 0 Å². The first-order valence-corrected chi connectivity index (χ1v) is 44.1. The number of hydrogen-bond donors (Lipinski definition) is 0. The smallest absolute Gasteiger partial charge is 0.201 e. The van der Waals surface area contributed by atoms with Gasteiger partial charge in [0.25, 0.3) is 0 Å². The van der Waals surface area contributed by atoms with Gasteiger partial charge in [-0.2, -0.15) is 0 Å². The van der Waals surface area contributed by atoms with Gasteiger partial charge in [0.2, 0.25) is 22.8 Å². The van der Waals surface area contributed by atoms with E-state index in [1.807, 2.05) is 70.7 Å².